The Morgan fingerprint density at radius 3 is 2.60 bits per heavy atom. The highest BCUT2D eigenvalue weighted by atomic mass is 32.2. The predicted molar refractivity (Wildman–Crippen MR) is 97.0 cm³/mol. The number of hydrogen-bond donors (Lipinski definition) is 0. The van der Waals surface area contributed by atoms with E-state index in [2.05, 4.69) is 10.2 Å². The second-order valence-corrected chi connectivity index (χ2v) is 9.68. The maximum atomic E-state index is 12.7. The lowest BCUT2D eigenvalue weighted by molar-refractivity contribution is 0.102. The molecule has 0 radical (unpaired) electrons. The van der Waals surface area contributed by atoms with Crippen LogP contribution in [-0.2, 0) is 16.9 Å². The predicted octanol–water partition coefficient (Wildman–Crippen LogP) is 1.88. The van der Waals surface area contributed by atoms with Crippen molar-refractivity contribution >= 4 is 27.4 Å². The largest absolute Gasteiger partial charge is 0.344 e. The van der Waals surface area contributed by atoms with Gasteiger partial charge in [0.2, 0.25) is 0 Å². The third kappa shape index (κ3) is 3.52. The van der Waals surface area contributed by atoms with E-state index in [0.29, 0.717) is 17.1 Å². The lowest BCUT2D eigenvalue weighted by Crippen LogP contribution is -2.14. The topological polar surface area (TPSA) is 86.8 Å². The number of aryl methyl sites for hydroxylation is 2. The van der Waals surface area contributed by atoms with Crippen molar-refractivity contribution in [3.8, 4) is 0 Å². The summed E-state index contributed by atoms with van der Waals surface area (Å²) in [6.45, 7) is 5.68. The van der Waals surface area contributed by atoms with Gasteiger partial charge in [-0.2, -0.15) is 0 Å². The molecule has 0 spiro atoms. The number of thioether (sulfide) groups is 1. The van der Waals surface area contributed by atoms with Crippen molar-refractivity contribution in [3.05, 3.63) is 28.8 Å². The van der Waals surface area contributed by atoms with Crippen LogP contribution in [0.4, 0.5) is 0 Å². The zero-order chi connectivity index (χ0) is 18.4. The fourth-order valence-electron chi connectivity index (χ4n) is 3.32. The first kappa shape index (κ1) is 18.2. The summed E-state index contributed by atoms with van der Waals surface area (Å²) < 4.78 is 27.4. The second kappa shape index (κ2) is 6.60. The molecule has 0 amide bonds. The van der Waals surface area contributed by atoms with Gasteiger partial charge in [0.05, 0.1) is 17.3 Å². The van der Waals surface area contributed by atoms with Gasteiger partial charge in [0, 0.05) is 30.0 Å². The number of aromatic nitrogens is 4. The van der Waals surface area contributed by atoms with Crippen molar-refractivity contribution < 1.29 is 13.2 Å². The van der Waals surface area contributed by atoms with Gasteiger partial charge in [-0.3, -0.25) is 4.79 Å². The molecule has 0 aliphatic carbocycles. The standard InChI is InChI=1S/C16H22N4O3S2/c1-10-7-14(11(2)20(10)13-5-6-25(22,23)9-13)15(21)8-24-16-18-17-12(3)19(16)4/h7,13H,5-6,8-9H2,1-4H3/t13-/m0/s1. The number of Topliss-reactive ketones (excluding diaryl/α,β-unsaturated/α-hetero) is 1. The summed E-state index contributed by atoms with van der Waals surface area (Å²) in [4.78, 5) is 12.7. The van der Waals surface area contributed by atoms with Gasteiger partial charge in [0.15, 0.2) is 20.8 Å². The first-order valence-electron chi connectivity index (χ1n) is 8.10. The molecule has 1 fully saturated rings. The van der Waals surface area contributed by atoms with E-state index in [0.717, 1.165) is 17.2 Å². The van der Waals surface area contributed by atoms with Gasteiger partial charge < -0.3 is 9.13 Å². The van der Waals surface area contributed by atoms with Crippen LogP contribution in [0.1, 0.15) is 40.0 Å². The number of nitrogens with zero attached hydrogens (tertiary/aromatic N) is 4. The molecule has 1 aliphatic heterocycles. The number of carbonyl (C=O) groups excluding carboxylic acids is 1. The molecule has 25 heavy (non-hydrogen) atoms. The van der Waals surface area contributed by atoms with Gasteiger partial charge in [0.25, 0.3) is 0 Å². The van der Waals surface area contributed by atoms with Gasteiger partial charge >= 0.3 is 0 Å². The Kier molecular flexibility index (Phi) is 4.80. The van der Waals surface area contributed by atoms with Crippen molar-refractivity contribution in [1.82, 2.24) is 19.3 Å². The van der Waals surface area contributed by atoms with Crippen LogP contribution in [0.15, 0.2) is 11.2 Å². The van der Waals surface area contributed by atoms with Crippen LogP contribution in [-0.4, -0.2) is 50.8 Å². The summed E-state index contributed by atoms with van der Waals surface area (Å²) in [7, 11) is -1.10. The highest BCUT2D eigenvalue weighted by Crippen LogP contribution is 2.30. The Morgan fingerprint density at radius 2 is 2.04 bits per heavy atom. The summed E-state index contributed by atoms with van der Waals surface area (Å²) in [6, 6.07) is 1.80. The number of rotatable bonds is 5. The van der Waals surface area contributed by atoms with Crippen molar-refractivity contribution in [2.45, 2.75) is 38.4 Å². The minimum Gasteiger partial charge on any atom is -0.344 e. The second-order valence-electron chi connectivity index (χ2n) is 6.51. The fourth-order valence-corrected chi connectivity index (χ4v) is 5.86. The minimum atomic E-state index is -2.96. The van der Waals surface area contributed by atoms with E-state index in [-0.39, 0.29) is 29.1 Å². The van der Waals surface area contributed by atoms with Crippen molar-refractivity contribution in [1.29, 1.82) is 0 Å². The van der Waals surface area contributed by atoms with Gasteiger partial charge in [-0.15, -0.1) is 10.2 Å². The fraction of sp³-hybridized carbons (Fsp3) is 0.562. The van der Waals surface area contributed by atoms with E-state index in [9.17, 15) is 13.2 Å². The minimum absolute atomic E-state index is 0.0193. The number of carbonyl (C=O) groups is 1. The van der Waals surface area contributed by atoms with Crippen LogP contribution < -0.4 is 0 Å². The SMILES string of the molecule is Cc1nnc(SCC(=O)c2cc(C)n([C@H]3CCS(=O)(=O)C3)c2C)n1C. The van der Waals surface area contributed by atoms with Crippen LogP contribution in [0.3, 0.4) is 0 Å². The normalized spacial score (nSPS) is 19.4. The lowest BCUT2D eigenvalue weighted by Gasteiger charge is -2.16. The maximum absolute atomic E-state index is 12.7. The molecule has 3 heterocycles. The molecule has 0 aromatic carbocycles. The van der Waals surface area contributed by atoms with Crippen LogP contribution >= 0.6 is 11.8 Å². The van der Waals surface area contributed by atoms with Crippen LogP contribution in [0, 0.1) is 20.8 Å². The van der Waals surface area contributed by atoms with Crippen LogP contribution in [0.2, 0.25) is 0 Å². The monoisotopic (exact) mass is 382 g/mol. The van der Waals surface area contributed by atoms with Gasteiger partial charge in [-0.25, -0.2) is 8.42 Å². The van der Waals surface area contributed by atoms with Crippen molar-refractivity contribution in [3.63, 3.8) is 0 Å². The summed E-state index contributed by atoms with van der Waals surface area (Å²) >= 11 is 1.36. The van der Waals surface area contributed by atoms with Crippen LogP contribution in [0.25, 0.3) is 0 Å². The van der Waals surface area contributed by atoms with E-state index in [4.69, 9.17) is 0 Å². The Bertz CT molecular complexity index is 928. The summed E-state index contributed by atoms with van der Waals surface area (Å²) in [5.41, 5.74) is 2.44. The molecule has 3 rings (SSSR count). The van der Waals surface area contributed by atoms with Crippen LogP contribution in [0.5, 0.6) is 0 Å². The smallest absolute Gasteiger partial charge is 0.191 e. The average molecular weight is 383 g/mol. The molecular formula is C16H22N4O3S2. The zero-order valence-corrected chi connectivity index (χ0v) is 16.4. The van der Waals surface area contributed by atoms with Crippen molar-refractivity contribution in [2.24, 2.45) is 7.05 Å². The Balaban J connectivity index is 1.78. The molecule has 2 aromatic rings. The average Bonchev–Trinajstić information content (AvgIpc) is 3.15. The molecule has 1 atom stereocenters. The molecule has 9 heteroatoms. The summed E-state index contributed by atoms with van der Waals surface area (Å²) in [5.74, 6) is 1.48. The Morgan fingerprint density at radius 1 is 1.32 bits per heavy atom. The van der Waals surface area contributed by atoms with Crippen molar-refractivity contribution in [2.75, 3.05) is 17.3 Å². The third-order valence-electron chi connectivity index (χ3n) is 4.74. The highest BCUT2D eigenvalue weighted by molar-refractivity contribution is 7.99. The van der Waals surface area contributed by atoms with Gasteiger partial charge in [-0.05, 0) is 33.3 Å². The number of hydrogen-bond acceptors (Lipinski definition) is 6. The zero-order valence-electron chi connectivity index (χ0n) is 14.8. The Hall–Kier alpha value is -1.61. The Labute approximate surface area is 151 Å². The molecule has 7 nitrogen and oxygen atoms in total. The number of sulfone groups is 1. The molecule has 0 saturated carbocycles. The van der Waals surface area contributed by atoms with E-state index < -0.39 is 9.84 Å². The maximum Gasteiger partial charge on any atom is 0.191 e. The molecule has 0 unspecified atom stereocenters. The quantitative estimate of drug-likeness (QED) is 0.580. The molecule has 1 aliphatic rings. The molecule has 1 saturated heterocycles. The van der Waals surface area contributed by atoms with Gasteiger partial charge in [-0.1, -0.05) is 11.8 Å². The molecule has 0 bridgehead atoms. The summed E-state index contributed by atoms with van der Waals surface area (Å²) in [6.07, 6.45) is 0.610. The van der Waals surface area contributed by atoms with E-state index in [1.54, 1.807) is 0 Å². The van der Waals surface area contributed by atoms with Gasteiger partial charge in [0.1, 0.15) is 5.82 Å². The molecule has 0 N–H and O–H groups in total. The first-order chi connectivity index (χ1) is 11.7. The number of ketones is 1. The van der Waals surface area contributed by atoms with E-state index in [1.165, 1.54) is 11.8 Å². The molecular weight excluding hydrogens is 360 g/mol. The summed E-state index contributed by atoms with van der Waals surface area (Å²) in [5, 5.41) is 8.76. The molecule has 136 valence electrons. The lowest BCUT2D eigenvalue weighted by atomic mass is 10.2. The van der Waals surface area contributed by atoms with E-state index >= 15 is 0 Å². The van der Waals surface area contributed by atoms with E-state index in [1.807, 2.05) is 43.0 Å². The first-order valence-corrected chi connectivity index (χ1v) is 10.9. The highest BCUT2D eigenvalue weighted by Gasteiger charge is 2.31. The molecule has 2 aromatic heterocycles. The third-order valence-corrected chi connectivity index (χ3v) is 7.51.